The van der Waals surface area contributed by atoms with E-state index in [1.165, 1.54) is 4.90 Å². The van der Waals surface area contributed by atoms with Crippen molar-refractivity contribution >= 4 is 50.1 Å². The van der Waals surface area contributed by atoms with Crippen LogP contribution in [0.2, 0.25) is 0 Å². The molecule has 2 aromatic carbocycles. The lowest BCUT2D eigenvalue weighted by molar-refractivity contribution is -0.121. The molecule has 2 aliphatic heterocycles. The number of nitrogens with zero attached hydrogens (tertiary/aromatic N) is 4. The minimum Gasteiger partial charge on any atom is -0.495 e. The van der Waals surface area contributed by atoms with Crippen LogP contribution in [-0.4, -0.2) is 68.0 Å². The number of imide groups is 1. The highest BCUT2D eigenvalue weighted by molar-refractivity contribution is 7.22. The predicted molar refractivity (Wildman–Crippen MR) is 129 cm³/mol. The molecule has 5 rings (SSSR count). The SMILES string of the molecule is COc1ccc(OC)c2sc(N3CCN(C(=O)c4ccc(N5C(=O)CCC5=O)cc4)CC3)nc12. The molecule has 9 nitrogen and oxygen atoms in total. The maximum absolute atomic E-state index is 13.0. The molecule has 3 amide bonds. The van der Waals surface area contributed by atoms with Gasteiger partial charge < -0.3 is 19.3 Å². The average molecular weight is 481 g/mol. The van der Waals surface area contributed by atoms with E-state index in [1.807, 2.05) is 17.0 Å². The smallest absolute Gasteiger partial charge is 0.253 e. The Balaban J connectivity index is 1.27. The molecule has 176 valence electrons. The summed E-state index contributed by atoms with van der Waals surface area (Å²) >= 11 is 1.55. The molecule has 0 atom stereocenters. The largest absolute Gasteiger partial charge is 0.495 e. The zero-order valence-corrected chi connectivity index (χ0v) is 19.8. The van der Waals surface area contributed by atoms with Crippen molar-refractivity contribution in [1.82, 2.24) is 9.88 Å². The number of carbonyl (C=O) groups is 3. The van der Waals surface area contributed by atoms with Crippen molar-refractivity contribution in [1.29, 1.82) is 0 Å². The number of anilines is 2. The Bertz CT molecular complexity index is 1210. The van der Waals surface area contributed by atoms with Crippen molar-refractivity contribution in [3.8, 4) is 11.5 Å². The first-order valence-corrected chi connectivity index (χ1v) is 11.8. The van der Waals surface area contributed by atoms with Crippen molar-refractivity contribution in [2.75, 3.05) is 50.2 Å². The average Bonchev–Trinajstić information content (AvgIpc) is 3.46. The van der Waals surface area contributed by atoms with Crippen molar-refractivity contribution in [2.24, 2.45) is 0 Å². The van der Waals surface area contributed by atoms with Gasteiger partial charge in [-0.3, -0.25) is 19.3 Å². The third kappa shape index (κ3) is 3.83. The van der Waals surface area contributed by atoms with Crippen LogP contribution in [0.25, 0.3) is 10.2 Å². The normalized spacial score (nSPS) is 16.5. The number of fused-ring (bicyclic) bond motifs is 1. The van der Waals surface area contributed by atoms with E-state index in [0.717, 1.165) is 21.1 Å². The van der Waals surface area contributed by atoms with Gasteiger partial charge in [-0.2, -0.15) is 0 Å². The van der Waals surface area contributed by atoms with E-state index in [-0.39, 0.29) is 30.6 Å². The molecule has 0 spiro atoms. The van der Waals surface area contributed by atoms with Gasteiger partial charge in [0, 0.05) is 44.6 Å². The van der Waals surface area contributed by atoms with Crippen LogP contribution in [-0.2, 0) is 9.59 Å². The van der Waals surface area contributed by atoms with Gasteiger partial charge in [-0.15, -0.1) is 0 Å². The third-order valence-corrected chi connectivity index (χ3v) is 7.29. The summed E-state index contributed by atoms with van der Waals surface area (Å²) in [6.45, 7) is 2.44. The highest BCUT2D eigenvalue weighted by atomic mass is 32.1. The van der Waals surface area contributed by atoms with Gasteiger partial charge in [0.2, 0.25) is 11.8 Å². The summed E-state index contributed by atoms with van der Waals surface area (Å²) in [5, 5.41) is 0.870. The number of hydrogen-bond acceptors (Lipinski definition) is 8. The second kappa shape index (κ2) is 8.94. The zero-order chi connectivity index (χ0) is 23.8. The Morgan fingerprint density at radius 1 is 0.882 bits per heavy atom. The number of methoxy groups -OCH3 is 2. The van der Waals surface area contributed by atoms with Crippen LogP contribution in [0.15, 0.2) is 36.4 Å². The highest BCUT2D eigenvalue weighted by Crippen LogP contribution is 2.40. The van der Waals surface area contributed by atoms with Gasteiger partial charge in [0.05, 0.1) is 19.9 Å². The number of ether oxygens (including phenoxy) is 2. The molecule has 0 radical (unpaired) electrons. The molecule has 10 heteroatoms. The molecule has 34 heavy (non-hydrogen) atoms. The van der Waals surface area contributed by atoms with Crippen LogP contribution in [0, 0.1) is 0 Å². The quantitative estimate of drug-likeness (QED) is 0.519. The molecule has 2 aliphatic rings. The monoisotopic (exact) mass is 480 g/mol. The van der Waals surface area contributed by atoms with Crippen LogP contribution in [0.5, 0.6) is 11.5 Å². The molecular formula is C24H24N4O5S. The zero-order valence-electron chi connectivity index (χ0n) is 18.9. The molecule has 3 aromatic rings. The van der Waals surface area contributed by atoms with Gasteiger partial charge in [0.25, 0.3) is 5.91 Å². The lowest BCUT2D eigenvalue weighted by Gasteiger charge is -2.34. The number of benzene rings is 2. The second-order valence-corrected chi connectivity index (χ2v) is 9.07. The first-order valence-electron chi connectivity index (χ1n) is 11.0. The number of carbonyl (C=O) groups excluding carboxylic acids is 3. The first kappa shape index (κ1) is 22.1. The Labute approximate surface area is 200 Å². The van der Waals surface area contributed by atoms with E-state index in [2.05, 4.69) is 4.90 Å². The van der Waals surface area contributed by atoms with Gasteiger partial charge in [-0.05, 0) is 36.4 Å². The van der Waals surface area contributed by atoms with Crippen LogP contribution in [0.4, 0.5) is 10.8 Å². The number of hydrogen-bond donors (Lipinski definition) is 0. The summed E-state index contributed by atoms with van der Waals surface area (Å²) < 4.78 is 11.9. The molecular weight excluding hydrogens is 456 g/mol. The molecule has 1 aromatic heterocycles. The summed E-state index contributed by atoms with van der Waals surface area (Å²) in [5.41, 5.74) is 1.82. The minimum absolute atomic E-state index is 0.0714. The first-order chi connectivity index (χ1) is 16.5. The molecule has 0 bridgehead atoms. The van der Waals surface area contributed by atoms with E-state index < -0.39 is 0 Å². The Hall–Kier alpha value is -3.66. The van der Waals surface area contributed by atoms with Gasteiger partial charge in [-0.25, -0.2) is 4.98 Å². The Morgan fingerprint density at radius 2 is 1.50 bits per heavy atom. The van der Waals surface area contributed by atoms with Gasteiger partial charge in [0.15, 0.2) is 5.13 Å². The lowest BCUT2D eigenvalue weighted by Crippen LogP contribution is -2.48. The highest BCUT2D eigenvalue weighted by Gasteiger charge is 2.30. The number of thiazole rings is 1. The Kier molecular flexibility index (Phi) is 5.82. The molecule has 0 N–H and O–H groups in total. The summed E-state index contributed by atoms with van der Waals surface area (Å²) in [6.07, 6.45) is 0.468. The predicted octanol–water partition coefficient (Wildman–Crippen LogP) is 2.93. The number of amides is 3. The van der Waals surface area contributed by atoms with E-state index in [9.17, 15) is 14.4 Å². The van der Waals surface area contributed by atoms with E-state index in [0.29, 0.717) is 43.2 Å². The van der Waals surface area contributed by atoms with Gasteiger partial charge in [0.1, 0.15) is 21.7 Å². The van der Waals surface area contributed by atoms with Crippen molar-refractivity contribution in [3.05, 3.63) is 42.0 Å². The van der Waals surface area contributed by atoms with Crippen LogP contribution < -0.4 is 19.3 Å². The van der Waals surface area contributed by atoms with Crippen LogP contribution in [0.3, 0.4) is 0 Å². The standard InChI is InChI=1S/C24H24N4O5S/c1-32-17-7-8-18(33-2)22-21(17)25-24(34-22)27-13-11-26(12-14-27)23(31)15-3-5-16(6-4-15)28-19(29)9-10-20(28)30/h3-8H,9-14H2,1-2H3. The van der Waals surface area contributed by atoms with Gasteiger partial charge in [-0.1, -0.05) is 11.3 Å². The molecule has 0 saturated carbocycles. The maximum Gasteiger partial charge on any atom is 0.253 e. The Morgan fingerprint density at radius 3 is 2.12 bits per heavy atom. The van der Waals surface area contributed by atoms with Gasteiger partial charge >= 0.3 is 0 Å². The molecule has 2 saturated heterocycles. The third-order valence-electron chi connectivity index (χ3n) is 6.16. The fourth-order valence-corrected chi connectivity index (χ4v) is 5.44. The number of rotatable bonds is 5. The molecule has 0 aliphatic carbocycles. The fourth-order valence-electron chi connectivity index (χ4n) is 4.31. The van der Waals surface area contributed by atoms with E-state index in [1.54, 1.807) is 49.8 Å². The lowest BCUT2D eigenvalue weighted by atomic mass is 10.1. The van der Waals surface area contributed by atoms with Crippen molar-refractivity contribution in [2.45, 2.75) is 12.8 Å². The summed E-state index contributed by atoms with van der Waals surface area (Å²) in [7, 11) is 3.26. The molecule has 2 fully saturated rings. The van der Waals surface area contributed by atoms with Crippen LogP contribution in [0.1, 0.15) is 23.2 Å². The number of aromatic nitrogens is 1. The maximum atomic E-state index is 13.0. The van der Waals surface area contributed by atoms with Crippen molar-refractivity contribution in [3.63, 3.8) is 0 Å². The van der Waals surface area contributed by atoms with E-state index in [4.69, 9.17) is 14.5 Å². The fraction of sp³-hybridized carbons (Fsp3) is 0.333. The molecule has 3 heterocycles. The number of piperazine rings is 1. The summed E-state index contributed by atoms with van der Waals surface area (Å²) in [5.74, 6) is 0.982. The van der Waals surface area contributed by atoms with Crippen LogP contribution >= 0.6 is 11.3 Å². The second-order valence-electron chi connectivity index (χ2n) is 8.09. The molecule has 0 unspecified atom stereocenters. The van der Waals surface area contributed by atoms with E-state index >= 15 is 0 Å². The topological polar surface area (TPSA) is 92.3 Å². The summed E-state index contributed by atoms with van der Waals surface area (Å²) in [6, 6.07) is 10.4. The van der Waals surface area contributed by atoms with Crippen molar-refractivity contribution < 1.29 is 23.9 Å². The minimum atomic E-state index is -0.203. The summed E-state index contributed by atoms with van der Waals surface area (Å²) in [4.78, 5) is 46.8.